The Hall–Kier alpha value is 2.86. The molecule has 0 atom stereocenters. The first-order chi connectivity index (χ1) is 1.00. The number of hydrogen-bond acceptors (Lipinski definition) is 1. The zero-order valence-corrected chi connectivity index (χ0v) is 9.66. The van der Waals surface area contributed by atoms with Crippen LogP contribution in [0, 0.1) is 0 Å². The van der Waals surface area contributed by atoms with E-state index in [0.29, 0.717) is 0 Å². The molecule has 0 unspecified atom stereocenters. The molecule has 0 radical (unpaired) electrons. The van der Waals surface area contributed by atoms with Crippen molar-refractivity contribution in [1.29, 1.82) is 0 Å². The van der Waals surface area contributed by atoms with E-state index < -0.39 is 0 Å². The summed E-state index contributed by atoms with van der Waals surface area (Å²) >= 11 is 1.70. The molecule has 0 bridgehead atoms. The van der Waals surface area contributed by atoms with Gasteiger partial charge < -0.3 is 1.43 Å². The molecule has 0 aromatic rings. The molecule has 0 N–H and O–H groups in total. The molecule has 4 heavy (non-hydrogen) atoms. The molecular formula is HAgKOW. The van der Waals surface area contributed by atoms with Gasteiger partial charge in [0.05, 0.1) is 0 Å². The molecule has 0 amide bonds. The maximum absolute atomic E-state index is 8.06. The fourth-order valence-electron chi connectivity index (χ4n) is 0. The minimum atomic E-state index is 0. The minimum Gasteiger partial charge on any atom is 0 e. The predicted octanol–water partition coefficient (Wildman–Crippen LogP) is -3.01. The largest absolute Gasteiger partial charge is 0 e. The quantitative estimate of drug-likeness (QED) is 0.427. The Morgan fingerprint density at radius 2 is 1.50 bits per heavy atom. The summed E-state index contributed by atoms with van der Waals surface area (Å²) in [4.78, 5) is 0. The van der Waals surface area contributed by atoms with E-state index in [4.69, 9.17) is 3.25 Å². The maximum atomic E-state index is 8.06. The van der Waals surface area contributed by atoms with Crippen molar-refractivity contribution >= 4 is 0 Å². The Balaban J connectivity index is -0.00000000167. The third kappa shape index (κ3) is 8.85. The van der Waals surface area contributed by atoms with Crippen molar-refractivity contribution in [3.05, 3.63) is 0 Å². The number of rotatable bonds is 0. The molecule has 0 aliphatic heterocycles. The van der Waals surface area contributed by atoms with E-state index in [2.05, 4.69) is 0 Å². The predicted molar refractivity (Wildman–Crippen MR) is 1.80 cm³/mol. The molecule has 0 aliphatic rings. The standard InChI is InChI=1S/Ag.K.O.W.H/q;+1;;;-1. The first kappa shape index (κ1) is 15.8. The molecule has 0 saturated carbocycles. The van der Waals surface area contributed by atoms with Crippen molar-refractivity contribution in [3.8, 4) is 0 Å². The monoisotopic (exact) mass is 347 g/mol. The van der Waals surface area contributed by atoms with Crippen LogP contribution in [0.25, 0.3) is 0 Å². The summed E-state index contributed by atoms with van der Waals surface area (Å²) in [6, 6.07) is 0. The van der Waals surface area contributed by atoms with E-state index in [0.717, 1.165) is 0 Å². The molecule has 0 aromatic heterocycles. The third-order valence-electron chi connectivity index (χ3n) is 0. The second-order valence-electron chi connectivity index (χ2n) is 0. The molecular weight excluding hydrogens is 347 g/mol. The molecule has 25 valence electrons. The summed E-state index contributed by atoms with van der Waals surface area (Å²) in [5.74, 6) is 0. The first-order valence-electron chi connectivity index (χ1n) is 0.123. The van der Waals surface area contributed by atoms with Crippen LogP contribution in [0.3, 0.4) is 0 Å². The van der Waals surface area contributed by atoms with E-state index in [-0.39, 0.29) is 73.9 Å². The Labute approximate surface area is 95.7 Å². The van der Waals surface area contributed by atoms with Gasteiger partial charge in [-0.25, -0.2) is 0 Å². The van der Waals surface area contributed by atoms with Gasteiger partial charge in [-0.2, -0.15) is 0 Å². The Morgan fingerprint density at radius 3 is 1.50 bits per heavy atom. The van der Waals surface area contributed by atoms with Crippen LogP contribution < -0.4 is 51.4 Å². The van der Waals surface area contributed by atoms with Crippen LogP contribution >= 0.6 is 0 Å². The second kappa shape index (κ2) is 16.9. The Bertz CT molecular complexity index is 11.6. The van der Waals surface area contributed by atoms with Crippen molar-refractivity contribution in [2.24, 2.45) is 0 Å². The summed E-state index contributed by atoms with van der Waals surface area (Å²) in [6.45, 7) is 0. The van der Waals surface area contributed by atoms with Crippen LogP contribution in [0.2, 0.25) is 0 Å². The molecule has 4 heteroatoms. The van der Waals surface area contributed by atoms with Gasteiger partial charge in [0, 0.05) is 21.1 Å². The summed E-state index contributed by atoms with van der Waals surface area (Å²) < 4.78 is 8.06. The summed E-state index contributed by atoms with van der Waals surface area (Å²) in [5, 5.41) is 0. The SMILES string of the molecule is [H-].[K+].[O]=[Ag].[W]. The van der Waals surface area contributed by atoms with Crippen LogP contribution in [0.1, 0.15) is 1.43 Å². The summed E-state index contributed by atoms with van der Waals surface area (Å²) in [6.07, 6.45) is 0. The van der Waals surface area contributed by atoms with Crippen LogP contribution in [-0.2, 0) is 45.4 Å². The van der Waals surface area contributed by atoms with Gasteiger partial charge in [0.25, 0.3) is 0 Å². The summed E-state index contributed by atoms with van der Waals surface area (Å²) in [7, 11) is 0. The fraction of sp³-hybridized carbons (Fsp3) is 0. The number of hydrogen-bond donors (Lipinski definition) is 0. The van der Waals surface area contributed by atoms with Crippen molar-refractivity contribution in [3.63, 3.8) is 0 Å². The van der Waals surface area contributed by atoms with Crippen LogP contribution in [0.15, 0.2) is 0 Å². The van der Waals surface area contributed by atoms with Gasteiger partial charge in [-0.05, 0) is 0 Å². The molecule has 0 heterocycles. The van der Waals surface area contributed by atoms with Crippen molar-refractivity contribution in [2.75, 3.05) is 0 Å². The zero-order chi connectivity index (χ0) is 2.00. The van der Waals surface area contributed by atoms with E-state index in [1.807, 2.05) is 0 Å². The van der Waals surface area contributed by atoms with Gasteiger partial charge in [0.1, 0.15) is 0 Å². The molecule has 0 fully saturated rings. The second-order valence-corrected chi connectivity index (χ2v) is 0. The minimum absolute atomic E-state index is 0. The normalized spacial score (nSPS) is 1.50. The molecule has 0 aliphatic carbocycles. The van der Waals surface area contributed by atoms with Gasteiger partial charge in [-0.1, -0.05) is 0 Å². The van der Waals surface area contributed by atoms with E-state index >= 15 is 0 Å². The maximum Gasteiger partial charge on any atom is 0 e. The van der Waals surface area contributed by atoms with Gasteiger partial charge in [0.2, 0.25) is 0 Å². The molecule has 0 saturated heterocycles. The van der Waals surface area contributed by atoms with Gasteiger partial charge in [-0.3, -0.25) is 0 Å². The van der Waals surface area contributed by atoms with Crippen LogP contribution in [0.5, 0.6) is 0 Å². The van der Waals surface area contributed by atoms with Crippen LogP contribution in [-0.4, -0.2) is 0 Å². The van der Waals surface area contributed by atoms with E-state index in [9.17, 15) is 0 Å². The first-order valence-corrected chi connectivity index (χ1v) is 0.728. The third-order valence-corrected chi connectivity index (χ3v) is 0. The van der Waals surface area contributed by atoms with Crippen molar-refractivity contribution in [2.45, 2.75) is 0 Å². The smallest absolute Gasteiger partial charge is 0 e. The molecule has 0 spiro atoms. The van der Waals surface area contributed by atoms with Crippen molar-refractivity contribution < 1.29 is 98.2 Å². The topological polar surface area (TPSA) is 17.1 Å². The molecule has 1 nitrogen and oxygen atoms in total. The van der Waals surface area contributed by atoms with E-state index in [1.165, 1.54) is 0 Å². The van der Waals surface area contributed by atoms with E-state index in [1.54, 1.807) is 21.0 Å². The average Bonchev–Trinajstić information content (AvgIpc) is 1.00. The average molecular weight is 348 g/mol. The van der Waals surface area contributed by atoms with Crippen LogP contribution in [0.4, 0.5) is 0 Å². The van der Waals surface area contributed by atoms with Gasteiger partial charge >= 0.3 is 75.7 Å². The molecule has 0 aromatic carbocycles. The zero-order valence-electron chi connectivity index (χ0n) is 3.12. The Kier molecular flexibility index (Phi) is 66.8. The van der Waals surface area contributed by atoms with Gasteiger partial charge in [-0.15, -0.1) is 0 Å². The van der Waals surface area contributed by atoms with Crippen molar-refractivity contribution in [1.82, 2.24) is 0 Å². The Morgan fingerprint density at radius 1 is 1.50 bits per heavy atom. The summed E-state index contributed by atoms with van der Waals surface area (Å²) in [5.41, 5.74) is 0. The fourth-order valence-corrected chi connectivity index (χ4v) is 0. The molecule has 0 rings (SSSR count). The van der Waals surface area contributed by atoms with Gasteiger partial charge in [0.15, 0.2) is 0 Å².